The van der Waals surface area contributed by atoms with Gasteiger partial charge in [-0.2, -0.15) is 0 Å². The summed E-state index contributed by atoms with van der Waals surface area (Å²) < 4.78 is 4.81. The molecule has 3 atom stereocenters. The Labute approximate surface area is 102 Å². The normalized spacial score (nSPS) is 28.7. The van der Waals surface area contributed by atoms with Crippen LogP contribution in [0.2, 0.25) is 0 Å². The highest BCUT2D eigenvalue weighted by Gasteiger charge is 2.32. The van der Waals surface area contributed by atoms with Gasteiger partial charge >= 0.3 is 5.97 Å². The number of rotatable bonds is 2. The van der Waals surface area contributed by atoms with Crippen LogP contribution in [0.4, 0.5) is 0 Å². The van der Waals surface area contributed by atoms with E-state index in [0.717, 1.165) is 12.8 Å². The number of methoxy groups -OCH3 is 1. The monoisotopic (exact) mass is 233 g/mol. The summed E-state index contributed by atoms with van der Waals surface area (Å²) >= 11 is 0. The van der Waals surface area contributed by atoms with E-state index >= 15 is 0 Å². The fraction of sp³-hybridized carbons (Fsp3) is 0.500. The fourth-order valence-electron chi connectivity index (χ4n) is 2.47. The van der Waals surface area contributed by atoms with Gasteiger partial charge in [0.1, 0.15) is 6.04 Å². The molecule has 1 aliphatic rings. The smallest absolute Gasteiger partial charge is 0.322 e. The Hall–Kier alpha value is -1.35. The number of benzene rings is 1. The lowest BCUT2D eigenvalue weighted by Gasteiger charge is -2.34. The third-order valence-electron chi connectivity index (χ3n) is 3.50. The van der Waals surface area contributed by atoms with Crippen molar-refractivity contribution in [3.05, 3.63) is 35.9 Å². The average Bonchev–Trinajstić information content (AvgIpc) is 2.39. The van der Waals surface area contributed by atoms with E-state index in [4.69, 9.17) is 4.74 Å². The number of ether oxygens (including phenoxy) is 1. The Balaban J connectivity index is 2.13. The molecule has 0 aliphatic carbocycles. The first-order valence-corrected chi connectivity index (χ1v) is 6.11. The fourth-order valence-corrected chi connectivity index (χ4v) is 2.47. The Kier molecular flexibility index (Phi) is 3.79. The summed E-state index contributed by atoms with van der Waals surface area (Å²) in [6.07, 6.45) is 1.91. The molecular weight excluding hydrogens is 214 g/mol. The van der Waals surface area contributed by atoms with Crippen LogP contribution in [0, 0.1) is 5.92 Å². The molecule has 1 saturated heterocycles. The van der Waals surface area contributed by atoms with Gasteiger partial charge in [0.15, 0.2) is 0 Å². The summed E-state index contributed by atoms with van der Waals surface area (Å²) in [5.74, 6) is 0.385. The second kappa shape index (κ2) is 5.32. The molecule has 3 nitrogen and oxygen atoms in total. The van der Waals surface area contributed by atoms with Crippen LogP contribution in [0.5, 0.6) is 0 Å². The van der Waals surface area contributed by atoms with Gasteiger partial charge in [-0.15, -0.1) is 0 Å². The molecule has 1 aromatic carbocycles. The Bertz CT molecular complexity index is 377. The highest BCUT2D eigenvalue weighted by Crippen LogP contribution is 2.31. The number of hydrogen-bond acceptors (Lipinski definition) is 3. The molecule has 2 rings (SSSR count). The first-order valence-electron chi connectivity index (χ1n) is 6.11. The minimum absolute atomic E-state index is 0.155. The van der Waals surface area contributed by atoms with Crippen molar-refractivity contribution in [1.82, 2.24) is 5.32 Å². The Morgan fingerprint density at radius 1 is 1.29 bits per heavy atom. The van der Waals surface area contributed by atoms with E-state index < -0.39 is 0 Å². The quantitative estimate of drug-likeness (QED) is 0.796. The van der Waals surface area contributed by atoms with Crippen LogP contribution in [0.25, 0.3) is 0 Å². The number of esters is 1. The van der Waals surface area contributed by atoms with E-state index in [2.05, 4.69) is 24.4 Å². The van der Waals surface area contributed by atoms with Crippen molar-refractivity contribution in [2.24, 2.45) is 5.92 Å². The van der Waals surface area contributed by atoms with Gasteiger partial charge in [0, 0.05) is 6.04 Å². The molecule has 1 aromatic rings. The number of nitrogens with one attached hydrogen (secondary N) is 1. The van der Waals surface area contributed by atoms with Gasteiger partial charge in [-0.25, -0.2) is 0 Å². The maximum Gasteiger partial charge on any atom is 0.322 e. The first-order chi connectivity index (χ1) is 8.22. The number of piperidine rings is 1. The minimum Gasteiger partial charge on any atom is -0.468 e. The van der Waals surface area contributed by atoms with E-state index in [0.29, 0.717) is 5.92 Å². The van der Waals surface area contributed by atoms with E-state index in [-0.39, 0.29) is 18.1 Å². The van der Waals surface area contributed by atoms with Gasteiger partial charge in [0.25, 0.3) is 0 Å². The number of carbonyl (C=O) groups excluding carboxylic acids is 1. The molecule has 1 heterocycles. The predicted octanol–water partition coefficient (Wildman–Crippen LogP) is 2.29. The summed E-state index contributed by atoms with van der Waals surface area (Å²) in [7, 11) is 1.44. The van der Waals surface area contributed by atoms with Crippen LogP contribution in [0.1, 0.15) is 31.4 Å². The lowest BCUT2D eigenvalue weighted by atomic mass is 9.85. The van der Waals surface area contributed by atoms with Crippen molar-refractivity contribution < 1.29 is 9.53 Å². The molecule has 17 heavy (non-hydrogen) atoms. The zero-order valence-electron chi connectivity index (χ0n) is 10.3. The summed E-state index contributed by atoms with van der Waals surface area (Å²) in [6, 6.07) is 10.4. The van der Waals surface area contributed by atoms with Gasteiger partial charge in [0.05, 0.1) is 7.11 Å². The lowest BCUT2D eigenvalue weighted by Crippen LogP contribution is -2.46. The molecule has 0 saturated carbocycles. The van der Waals surface area contributed by atoms with E-state index in [1.807, 2.05) is 18.2 Å². The third kappa shape index (κ3) is 2.67. The highest BCUT2D eigenvalue weighted by molar-refractivity contribution is 5.75. The zero-order valence-corrected chi connectivity index (χ0v) is 10.3. The Morgan fingerprint density at radius 2 is 2.00 bits per heavy atom. The SMILES string of the molecule is COC(=O)[C@@H]1CC[C@H](C)[C@@H](c2ccccc2)N1. The predicted molar refractivity (Wildman–Crippen MR) is 66.5 cm³/mol. The summed E-state index contributed by atoms with van der Waals surface area (Å²) in [6.45, 7) is 2.22. The standard InChI is InChI=1S/C14H19NO2/c1-10-8-9-12(14(16)17-2)15-13(10)11-6-4-3-5-7-11/h3-7,10,12-13,15H,8-9H2,1-2H3/t10-,12-,13-/m0/s1. The maximum absolute atomic E-state index is 11.6. The van der Waals surface area contributed by atoms with Gasteiger partial charge in [-0.05, 0) is 24.3 Å². The van der Waals surface area contributed by atoms with Crippen molar-refractivity contribution in [1.29, 1.82) is 0 Å². The highest BCUT2D eigenvalue weighted by atomic mass is 16.5. The largest absolute Gasteiger partial charge is 0.468 e. The van der Waals surface area contributed by atoms with Gasteiger partial charge < -0.3 is 4.74 Å². The maximum atomic E-state index is 11.6. The summed E-state index contributed by atoms with van der Waals surface area (Å²) in [4.78, 5) is 11.6. The zero-order chi connectivity index (χ0) is 12.3. The van der Waals surface area contributed by atoms with Crippen molar-refractivity contribution >= 4 is 5.97 Å². The van der Waals surface area contributed by atoms with Crippen LogP contribution >= 0.6 is 0 Å². The number of hydrogen-bond donors (Lipinski definition) is 1. The van der Waals surface area contributed by atoms with Crippen LogP contribution in [-0.4, -0.2) is 19.1 Å². The topological polar surface area (TPSA) is 38.3 Å². The van der Waals surface area contributed by atoms with Crippen molar-refractivity contribution in [2.75, 3.05) is 7.11 Å². The van der Waals surface area contributed by atoms with Crippen LogP contribution in [0.15, 0.2) is 30.3 Å². The van der Waals surface area contributed by atoms with E-state index in [1.165, 1.54) is 12.7 Å². The second-order valence-corrected chi connectivity index (χ2v) is 4.69. The third-order valence-corrected chi connectivity index (χ3v) is 3.50. The van der Waals surface area contributed by atoms with Gasteiger partial charge in [-0.1, -0.05) is 37.3 Å². The van der Waals surface area contributed by atoms with Gasteiger partial charge in [0.2, 0.25) is 0 Å². The summed E-state index contributed by atoms with van der Waals surface area (Å²) in [5, 5.41) is 3.40. The molecule has 0 amide bonds. The van der Waals surface area contributed by atoms with Crippen molar-refractivity contribution in [2.45, 2.75) is 31.8 Å². The molecule has 0 spiro atoms. The van der Waals surface area contributed by atoms with Crippen LogP contribution in [0.3, 0.4) is 0 Å². The molecule has 3 heteroatoms. The molecule has 0 aromatic heterocycles. The molecule has 0 unspecified atom stereocenters. The van der Waals surface area contributed by atoms with Crippen LogP contribution in [-0.2, 0) is 9.53 Å². The van der Waals surface area contributed by atoms with Crippen molar-refractivity contribution in [3.8, 4) is 0 Å². The van der Waals surface area contributed by atoms with Gasteiger partial charge in [-0.3, -0.25) is 10.1 Å². The van der Waals surface area contributed by atoms with E-state index in [9.17, 15) is 4.79 Å². The molecular formula is C14H19NO2. The molecule has 92 valence electrons. The lowest BCUT2D eigenvalue weighted by molar-refractivity contribution is -0.144. The van der Waals surface area contributed by atoms with Crippen LogP contribution < -0.4 is 5.32 Å². The summed E-state index contributed by atoms with van der Waals surface area (Å²) in [5.41, 5.74) is 1.24. The first kappa shape index (κ1) is 12.1. The second-order valence-electron chi connectivity index (χ2n) is 4.69. The number of carbonyl (C=O) groups is 1. The molecule has 1 fully saturated rings. The molecule has 1 N–H and O–H groups in total. The van der Waals surface area contributed by atoms with E-state index in [1.54, 1.807) is 0 Å². The average molecular weight is 233 g/mol. The molecule has 1 aliphatic heterocycles. The molecule has 0 radical (unpaired) electrons. The molecule has 0 bridgehead atoms. The van der Waals surface area contributed by atoms with Crippen molar-refractivity contribution in [3.63, 3.8) is 0 Å². The Morgan fingerprint density at radius 3 is 2.65 bits per heavy atom. The minimum atomic E-state index is -0.165.